The van der Waals surface area contributed by atoms with E-state index >= 15 is 0 Å². The molecule has 1 rings (SSSR count). The Morgan fingerprint density at radius 2 is 2.29 bits per heavy atom. The Balaban J connectivity index is 2.23. The SMILES string of the molecule is CN=C(NN)NCC1(CCOC)CC1. The first-order valence-electron chi connectivity index (χ1n) is 4.92. The van der Waals surface area contributed by atoms with Crippen molar-refractivity contribution in [3.63, 3.8) is 0 Å². The molecule has 0 amide bonds. The van der Waals surface area contributed by atoms with Crippen LogP contribution in [0.4, 0.5) is 0 Å². The molecular weight excluding hydrogens is 180 g/mol. The number of nitrogens with zero attached hydrogens (tertiary/aromatic N) is 1. The van der Waals surface area contributed by atoms with Gasteiger partial charge in [0.15, 0.2) is 0 Å². The molecule has 0 aromatic carbocycles. The topological polar surface area (TPSA) is 71.7 Å². The number of methoxy groups -OCH3 is 1. The van der Waals surface area contributed by atoms with Gasteiger partial charge in [0.1, 0.15) is 0 Å². The Kier molecular flexibility index (Phi) is 4.16. The Morgan fingerprint density at radius 3 is 2.71 bits per heavy atom. The molecule has 0 aromatic rings. The molecule has 0 bridgehead atoms. The van der Waals surface area contributed by atoms with Crippen molar-refractivity contribution in [3.8, 4) is 0 Å². The molecule has 4 N–H and O–H groups in total. The second-order valence-corrected chi connectivity index (χ2v) is 3.81. The summed E-state index contributed by atoms with van der Waals surface area (Å²) in [5.41, 5.74) is 2.94. The summed E-state index contributed by atoms with van der Waals surface area (Å²) in [6.07, 6.45) is 3.65. The van der Waals surface area contributed by atoms with E-state index in [2.05, 4.69) is 15.7 Å². The van der Waals surface area contributed by atoms with E-state index in [0.717, 1.165) is 19.6 Å². The van der Waals surface area contributed by atoms with Gasteiger partial charge >= 0.3 is 0 Å². The van der Waals surface area contributed by atoms with Gasteiger partial charge in [-0.1, -0.05) is 0 Å². The van der Waals surface area contributed by atoms with Crippen LogP contribution >= 0.6 is 0 Å². The van der Waals surface area contributed by atoms with Crippen LogP contribution in [-0.4, -0.2) is 33.3 Å². The molecule has 0 aliphatic heterocycles. The molecule has 0 radical (unpaired) electrons. The van der Waals surface area contributed by atoms with Gasteiger partial charge in [0.05, 0.1) is 0 Å². The van der Waals surface area contributed by atoms with Crippen molar-refractivity contribution in [1.82, 2.24) is 10.7 Å². The van der Waals surface area contributed by atoms with Crippen molar-refractivity contribution in [2.45, 2.75) is 19.3 Å². The molecule has 0 atom stereocenters. The Bertz CT molecular complexity index is 201. The molecule has 5 heteroatoms. The maximum Gasteiger partial charge on any atom is 0.205 e. The average Bonchev–Trinajstić information content (AvgIpc) is 2.97. The van der Waals surface area contributed by atoms with E-state index in [1.165, 1.54) is 12.8 Å². The maximum absolute atomic E-state index is 5.27. The summed E-state index contributed by atoms with van der Waals surface area (Å²) in [6, 6.07) is 0. The number of hydrazine groups is 1. The summed E-state index contributed by atoms with van der Waals surface area (Å²) in [5, 5.41) is 3.19. The fourth-order valence-electron chi connectivity index (χ4n) is 1.48. The minimum Gasteiger partial charge on any atom is -0.385 e. The maximum atomic E-state index is 5.27. The van der Waals surface area contributed by atoms with E-state index in [1.54, 1.807) is 14.2 Å². The highest BCUT2D eigenvalue weighted by Gasteiger charge is 2.41. The largest absolute Gasteiger partial charge is 0.385 e. The van der Waals surface area contributed by atoms with Crippen LogP contribution in [0.15, 0.2) is 4.99 Å². The minimum absolute atomic E-state index is 0.419. The molecule has 0 aromatic heterocycles. The van der Waals surface area contributed by atoms with Gasteiger partial charge in [-0.2, -0.15) is 0 Å². The van der Waals surface area contributed by atoms with E-state index in [-0.39, 0.29) is 0 Å². The van der Waals surface area contributed by atoms with Gasteiger partial charge in [0.25, 0.3) is 0 Å². The number of nitrogens with one attached hydrogen (secondary N) is 2. The van der Waals surface area contributed by atoms with Gasteiger partial charge in [-0.05, 0) is 24.7 Å². The second-order valence-electron chi connectivity index (χ2n) is 3.81. The fraction of sp³-hybridized carbons (Fsp3) is 0.889. The normalized spacial score (nSPS) is 19.2. The summed E-state index contributed by atoms with van der Waals surface area (Å²) in [5.74, 6) is 5.91. The highest BCUT2D eigenvalue weighted by molar-refractivity contribution is 5.79. The van der Waals surface area contributed by atoms with Crippen molar-refractivity contribution in [2.24, 2.45) is 16.3 Å². The van der Waals surface area contributed by atoms with Crippen molar-refractivity contribution < 1.29 is 4.74 Å². The van der Waals surface area contributed by atoms with E-state index in [1.807, 2.05) is 0 Å². The standard InChI is InChI=1S/C9H20N4O/c1-11-8(13-10)12-7-9(3-4-9)5-6-14-2/h3-7,10H2,1-2H3,(H2,11,12,13). The summed E-state index contributed by atoms with van der Waals surface area (Å²) in [4.78, 5) is 3.96. The first-order valence-corrected chi connectivity index (χ1v) is 4.92. The Morgan fingerprint density at radius 1 is 1.57 bits per heavy atom. The molecular formula is C9H20N4O. The molecule has 1 aliphatic carbocycles. The monoisotopic (exact) mass is 200 g/mol. The smallest absolute Gasteiger partial charge is 0.205 e. The van der Waals surface area contributed by atoms with Gasteiger partial charge in [-0.25, -0.2) is 5.84 Å². The van der Waals surface area contributed by atoms with Crippen LogP contribution in [0.3, 0.4) is 0 Å². The molecule has 0 saturated heterocycles. The van der Waals surface area contributed by atoms with Crippen LogP contribution in [0.2, 0.25) is 0 Å². The lowest BCUT2D eigenvalue weighted by Gasteiger charge is -2.16. The van der Waals surface area contributed by atoms with E-state index < -0.39 is 0 Å². The summed E-state index contributed by atoms with van der Waals surface area (Å²) < 4.78 is 5.08. The van der Waals surface area contributed by atoms with Crippen LogP contribution in [0.5, 0.6) is 0 Å². The molecule has 0 unspecified atom stereocenters. The summed E-state index contributed by atoms with van der Waals surface area (Å²) >= 11 is 0. The number of guanidine groups is 1. The molecule has 82 valence electrons. The van der Waals surface area contributed by atoms with Gasteiger partial charge in [-0.3, -0.25) is 10.4 Å². The summed E-state index contributed by atoms with van der Waals surface area (Å²) in [7, 11) is 3.45. The second kappa shape index (κ2) is 5.17. The average molecular weight is 200 g/mol. The third-order valence-corrected chi connectivity index (χ3v) is 2.78. The zero-order valence-corrected chi connectivity index (χ0v) is 8.97. The number of nitrogens with two attached hydrogens (primary N) is 1. The lowest BCUT2D eigenvalue weighted by molar-refractivity contribution is 0.172. The molecule has 14 heavy (non-hydrogen) atoms. The first kappa shape index (κ1) is 11.3. The van der Waals surface area contributed by atoms with E-state index in [0.29, 0.717) is 11.4 Å². The minimum atomic E-state index is 0.419. The van der Waals surface area contributed by atoms with Crippen LogP contribution < -0.4 is 16.6 Å². The molecule has 0 spiro atoms. The molecule has 0 heterocycles. The molecule has 1 aliphatic rings. The predicted molar refractivity (Wildman–Crippen MR) is 56.8 cm³/mol. The lowest BCUT2D eigenvalue weighted by atomic mass is 10.0. The number of hydrogen-bond acceptors (Lipinski definition) is 3. The quantitative estimate of drug-likeness (QED) is 0.250. The first-order chi connectivity index (χ1) is 6.76. The van der Waals surface area contributed by atoms with Gasteiger partial charge in [0.2, 0.25) is 5.96 Å². The fourth-order valence-corrected chi connectivity index (χ4v) is 1.48. The van der Waals surface area contributed by atoms with Gasteiger partial charge in [-0.15, -0.1) is 0 Å². The van der Waals surface area contributed by atoms with Crippen LogP contribution in [-0.2, 0) is 4.74 Å². The zero-order chi connectivity index (χ0) is 10.4. The predicted octanol–water partition coefficient (Wildman–Crippen LogP) is -0.158. The molecule has 5 nitrogen and oxygen atoms in total. The van der Waals surface area contributed by atoms with Crippen molar-refractivity contribution >= 4 is 5.96 Å². The van der Waals surface area contributed by atoms with Crippen molar-refractivity contribution in [3.05, 3.63) is 0 Å². The van der Waals surface area contributed by atoms with Crippen molar-refractivity contribution in [2.75, 3.05) is 27.3 Å². The van der Waals surface area contributed by atoms with Crippen molar-refractivity contribution in [1.29, 1.82) is 0 Å². The third kappa shape index (κ3) is 3.16. The van der Waals surface area contributed by atoms with Gasteiger partial charge in [0, 0.05) is 27.3 Å². The van der Waals surface area contributed by atoms with E-state index in [9.17, 15) is 0 Å². The Labute approximate surface area is 85.1 Å². The highest BCUT2D eigenvalue weighted by Crippen LogP contribution is 2.48. The number of rotatable bonds is 5. The Hall–Kier alpha value is -0.810. The van der Waals surface area contributed by atoms with E-state index in [4.69, 9.17) is 10.6 Å². The molecule has 1 saturated carbocycles. The van der Waals surface area contributed by atoms with Crippen LogP contribution in [0.1, 0.15) is 19.3 Å². The number of ether oxygens (including phenoxy) is 1. The summed E-state index contributed by atoms with van der Waals surface area (Å²) in [6.45, 7) is 1.75. The molecule has 1 fully saturated rings. The van der Waals surface area contributed by atoms with Crippen LogP contribution in [0, 0.1) is 5.41 Å². The lowest BCUT2D eigenvalue weighted by Crippen LogP contribution is -2.43. The van der Waals surface area contributed by atoms with Gasteiger partial charge < -0.3 is 10.1 Å². The van der Waals surface area contributed by atoms with Crippen LogP contribution in [0.25, 0.3) is 0 Å². The third-order valence-electron chi connectivity index (χ3n) is 2.78. The number of hydrogen-bond donors (Lipinski definition) is 3. The highest BCUT2D eigenvalue weighted by atomic mass is 16.5. The zero-order valence-electron chi connectivity index (χ0n) is 8.97. The number of aliphatic imine (C=N–C) groups is 1.